The fraction of sp³-hybridized carbons (Fsp3) is 0.130. The van der Waals surface area contributed by atoms with Crippen LogP contribution in [0.1, 0.15) is 11.4 Å². The van der Waals surface area contributed by atoms with Gasteiger partial charge in [-0.25, -0.2) is 23.1 Å². The van der Waals surface area contributed by atoms with Crippen molar-refractivity contribution in [1.29, 1.82) is 0 Å². The van der Waals surface area contributed by atoms with Gasteiger partial charge in [-0.2, -0.15) is 0 Å². The van der Waals surface area contributed by atoms with Crippen LogP contribution in [0, 0.1) is 0 Å². The molecule has 6 nitrogen and oxygen atoms in total. The molecule has 0 saturated carbocycles. The number of hydrogen-bond acceptors (Lipinski definition) is 5. The molecule has 0 radical (unpaired) electrons. The molecule has 0 fully saturated rings. The largest absolute Gasteiger partial charge is 0.368 e. The van der Waals surface area contributed by atoms with Crippen molar-refractivity contribution in [3.8, 4) is 0 Å². The molecule has 0 atom stereocenters. The second-order valence-corrected chi connectivity index (χ2v) is 9.73. The number of halogens is 2. The van der Waals surface area contributed by atoms with Gasteiger partial charge in [0.15, 0.2) is 0 Å². The SMILES string of the molecule is O=S(=O)(NCCNc1nc(Cc2ccccc2)nc2cc(Cl)ccc12)c1ccc(Cl)cc1. The highest BCUT2D eigenvalue weighted by molar-refractivity contribution is 7.89. The van der Waals surface area contributed by atoms with Crippen LogP contribution in [0.2, 0.25) is 10.0 Å². The molecule has 1 heterocycles. The molecule has 2 N–H and O–H groups in total. The van der Waals surface area contributed by atoms with E-state index in [1.54, 1.807) is 24.3 Å². The first-order chi connectivity index (χ1) is 15.4. The Balaban J connectivity index is 1.49. The molecule has 0 aliphatic heterocycles. The zero-order valence-electron chi connectivity index (χ0n) is 16.9. The molecule has 9 heteroatoms. The van der Waals surface area contributed by atoms with Crippen molar-refractivity contribution in [2.75, 3.05) is 18.4 Å². The van der Waals surface area contributed by atoms with Crippen LogP contribution in [-0.4, -0.2) is 31.5 Å². The van der Waals surface area contributed by atoms with E-state index in [2.05, 4.69) is 20.0 Å². The van der Waals surface area contributed by atoms with Crippen LogP contribution in [0.25, 0.3) is 10.9 Å². The summed E-state index contributed by atoms with van der Waals surface area (Å²) in [6.07, 6.45) is 0.571. The molecule has 0 aliphatic rings. The van der Waals surface area contributed by atoms with Crippen molar-refractivity contribution in [2.45, 2.75) is 11.3 Å². The fourth-order valence-corrected chi connectivity index (χ4v) is 4.53. The van der Waals surface area contributed by atoms with Crippen molar-refractivity contribution in [3.63, 3.8) is 0 Å². The molecule has 4 rings (SSSR count). The highest BCUT2D eigenvalue weighted by Gasteiger charge is 2.14. The molecule has 32 heavy (non-hydrogen) atoms. The number of aromatic nitrogens is 2. The predicted octanol–water partition coefficient (Wildman–Crippen LogP) is 4.92. The predicted molar refractivity (Wildman–Crippen MR) is 129 cm³/mol. The summed E-state index contributed by atoms with van der Waals surface area (Å²) >= 11 is 12.0. The van der Waals surface area contributed by atoms with Crippen LogP contribution in [0.3, 0.4) is 0 Å². The minimum absolute atomic E-state index is 0.161. The topological polar surface area (TPSA) is 84.0 Å². The Kier molecular flexibility index (Phi) is 6.91. The van der Waals surface area contributed by atoms with Gasteiger partial charge in [0.1, 0.15) is 11.6 Å². The molecule has 0 amide bonds. The fourth-order valence-electron chi connectivity index (χ4n) is 3.21. The molecule has 4 aromatic rings. The maximum atomic E-state index is 12.4. The van der Waals surface area contributed by atoms with Crippen molar-refractivity contribution in [2.24, 2.45) is 0 Å². The van der Waals surface area contributed by atoms with Gasteiger partial charge in [0.25, 0.3) is 0 Å². The molecule has 164 valence electrons. The minimum atomic E-state index is -3.63. The zero-order valence-corrected chi connectivity index (χ0v) is 19.3. The third kappa shape index (κ3) is 5.55. The highest BCUT2D eigenvalue weighted by Crippen LogP contribution is 2.24. The molecule has 3 aromatic carbocycles. The van der Waals surface area contributed by atoms with E-state index in [0.29, 0.717) is 34.7 Å². The Labute approximate surface area is 196 Å². The monoisotopic (exact) mass is 486 g/mol. The van der Waals surface area contributed by atoms with E-state index in [1.165, 1.54) is 12.1 Å². The average Bonchev–Trinajstić information content (AvgIpc) is 2.77. The Morgan fingerprint density at radius 1 is 0.812 bits per heavy atom. The smallest absolute Gasteiger partial charge is 0.240 e. The van der Waals surface area contributed by atoms with E-state index < -0.39 is 10.0 Å². The van der Waals surface area contributed by atoms with E-state index >= 15 is 0 Å². The lowest BCUT2D eigenvalue weighted by Gasteiger charge is -2.12. The second-order valence-electron chi connectivity index (χ2n) is 7.09. The second kappa shape index (κ2) is 9.83. The van der Waals surface area contributed by atoms with E-state index in [-0.39, 0.29) is 11.4 Å². The van der Waals surface area contributed by atoms with Crippen LogP contribution in [0.15, 0.2) is 77.7 Å². The number of hydrogen-bond donors (Lipinski definition) is 2. The number of sulfonamides is 1. The lowest BCUT2D eigenvalue weighted by atomic mass is 10.1. The van der Waals surface area contributed by atoms with Crippen molar-refractivity contribution in [3.05, 3.63) is 94.2 Å². The zero-order chi connectivity index (χ0) is 22.6. The van der Waals surface area contributed by atoms with E-state index in [0.717, 1.165) is 16.5 Å². The van der Waals surface area contributed by atoms with Crippen molar-refractivity contribution >= 4 is 49.9 Å². The number of nitrogens with zero attached hydrogens (tertiary/aromatic N) is 2. The third-order valence-electron chi connectivity index (χ3n) is 4.74. The van der Waals surface area contributed by atoms with Crippen molar-refractivity contribution in [1.82, 2.24) is 14.7 Å². The molecule has 0 aliphatic carbocycles. The normalized spacial score (nSPS) is 11.6. The van der Waals surface area contributed by atoms with Gasteiger partial charge in [-0.3, -0.25) is 0 Å². The highest BCUT2D eigenvalue weighted by atomic mass is 35.5. The lowest BCUT2D eigenvalue weighted by Crippen LogP contribution is -2.29. The van der Waals surface area contributed by atoms with Gasteiger partial charge in [-0.1, -0.05) is 53.5 Å². The maximum Gasteiger partial charge on any atom is 0.240 e. The summed E-state index contributed by atoms with van der Waals surface area (Å²) in [5.41, 5.74) is 1.82. The first-order valence-electron chi connectivity index (χ1n) is 9.90. The van der Waals surface area contributed by atoms with Gasteiger partial charge in [-0.05, 0) is 48.0 Å². The Bertz CT molecular complexity index is 1330. The standard InChI is InChI=1S/C23H20Cl2N4O2S/c24-17-6-9-19(10-7-17)32(30,31)27-13-12-26-23-20-11-8-18(25)15-21(20)28-22(29-23)14-16-4-2-1-3-5-16/h1-11,15,27H,12-14H2,(H,26,28,29). The summed E-state index contributed by atoms with van der Waals surface area (Å²) in [5, 5.41) is 5.10. The Hall–Kier alpha value is -2.71. The first kappa shape index (κ1) is 22.5. The van der Waals surface area contributed by atoms with Gasteiger partial charge < -0.3 is 5.32 Å². The Morgan fingerprint density at radius 2 is 1.53 bits per heavy atom. The maximum absolute atomic E-state index is 12.4. The van der Waals surface area contributed by atoms with Crippen LogP contribution < -0.4 is 10.0 Å². The summed E-state index contributed by atoms with van der Waals surface area (Å²) in [6.45, 7) is 0.518. The summed E-state index contributed by atoms with van der Waals surface area (Å²) in [6, 6.07) is 21.4. The number of rotatable bonds is 8. The van der Waals surface area contributed by atoms with Gasteiger partial charge in [0.2, 0.25) is 10.0 Å². The summed E-state index contributed by atoms with van der Waals surface area (Å²) in [7, 11) is -3.63. The van der Waals surface area contributed by atoms with E-state index in [4.69, 9.17) is 23.2 Å². The lowest BCUT2D eigenvalue weighted by molar-refractivity contribution is 0.583. The van der Waals surface area contributed by atoms with Gasteiger partial charge >= 0.3 is 0 Å². The molecular weight excluding hydrogens is 467 g/mol. The molecule has 0 bridgehead atoms. The van der Waals surface area contributed by atoms with Crippen LogP contribution in [0.4, 0.5) is 5.82 Å². The van der Waals surface area contributed by atoms with E-state index in [9.17, 15) is 8.42 Å². The molecule has 0 spiro atoms. The summed E-state index contributed by atoms with van der Waals surface area (Å²) in [5.74, 6) is 1.28. The number of benzene rings is 3. The molecule has 0 unspecified atom stereocenters. The van der Waals surface area contributed by atoms with Crippen LogP contribution in [0.5, 0.6) is 0 Å². The Morgan fingerprint density at radius 3 is 2.28 bits per heavy atom. The molecule has 1 aromatic heterocycles. The third-order valence-corrected chi connectivity index (χ3v) is 6.71. The van der Waals surface area contributed by atoms with Crippen LogP contribution >= 0.6 is 23.2 Å². The summed E-state index contributed by atoms with van der Waals surface area (Å²) in [4.78, 5) is 9.48. The van der Waals surface area contributed by atoms with Crippen molar-refractivity contribution < 1.29 is 8.42 Å². The van der Waals surface area contributed by atoms with E-state index in [1.807, 2.05) is 36.4 Å². The van der Waals surface area contributed by atoms with Gasteiger partial charge in [0, 0.05) is 34.9 Å². The summed E-state index contributed by atoms with van der Waals surface area (Å²) < 4.78 is 27.5. The number of nitrogens with one attached hydrogen (secondary N) is 2. The number of anilines is 1. The van der Waals surface area contributed by atoms with Crippen LogP contribution in [-0.2, 0) is 16.4 Å². The molecule has 0 saturated heterocycles. The quantitative estimate of drug-likeness (QED) is 0.345. The van der Waals surface area contributed by atoms with Gasteiger partial charge in [-0.15, -0.1) is 0 Å². The molecular formula is C23H20Cl2N4O2S. The number of fused-ring (bicyclic) bond motifs is 1. The minimum Gasteiger partial charge on any atom is -0.368 e. The van der Waals surface area contributed by atoms with Gasteiger partial charge in [0.05, 0.1) is 10.4 Å². The average molecular weight is 487 g/mol. The first-order valence-corrected chi connectivity index (χ1v) is 12.1.